The predicted octanol–water partition coefficient (Wildman–Crippen LogP) is 4.90. The molecule has 0 saturated heterocycles. The number of nitrogens with two attached hydrogens (primary N) is 1. The van der Waals surface area contributed by atoms with Gasteiger partial charge in [0.05, 0.1) is 9.50 Å². The van der Waals surface area contributed by atoms with E-state index in [1.807, 2.05) is 30.3 Å². The van der Waals surface area contributed by atoms with E-state index < -0.39 is 0 Å². The van der Waals surface area contributed by atoms with E-state index in [0.717, 1.165) is 20.8 Å². The third-order valence-electron chi connectivity index (χ3n) is 3.17. The predicted molar refractivity (Wildman–Crippen MR) is 88.9 cm³/mol. The summed E-state index contributed by atoms with van der Waals surface area (Å²) < 4.78 is 6.74. The van der Waals surface area contributed by atoms with Crippen molar-refractivity contribution < 1.29 is 4.74 Å². The van der Waals surface area contributed by atoms with Crippen LogP contribution in [0.5, 0.6) is 11.6 Å². The summed E-state index contributed by atoms with van der Waals surface area (Å²) in [6.45, 7) is 0.344. The van der Waals surface area contributed by atoms with Crippen molar-refractivity contribution in [2.45, 2.75) is 6.54 Å². The second kappa shape index (κ2) is 6.02. The first-order valence-corrected chi connectivity index (χ1v) is 7.55. The van der Waals surface area contributed by atoms with Crippen molar-refractivity contribution in [2.24, 2.45) is 5.73 Å². The Morgan fingerprint density at radius 1 is 1.19 bits per heavy atom. The molecular weight excluding hydrogens is 352 g/mol. The van der Waals surface area contributed by atoms with Crippen LogP contribution in [-0.4, -0.2) is 4.98 Å². The molecule has 0 spiro atoms. The quantitative estimate of drug-likeness (QED) is 0.720. The Morgan fingerprint density at radius 2 is 2.00 bits per heavy atom. The zero-order valence-corrected chi connectivity index (χ0v) is 13.4. The first kappa shape index (κ1) is 14.3. The highest BCUT2D eigenvalue weighted by atomic mass is 79.9. The maximum atomic E-state index is 6.00. The minimum Gasteiger partial charge on any atom is -0.438 e. The van der Waals surface area contributed by atoms with Gasteiger partial charge >= 0.3 is 0 Å². The lowest BCUT2D eigenvalue weighted by Crippen LogP contribution is -1.99. The molecule has 5 heteroatoms. The van der Waals surface area contributed by atoms with Crippen LogP contribution in [0.1, 0.15) is 5.56 Å². The summed E-state index contributed by atoms with van der Waals surface area (Å²) in [5, 5.41) is 2.77. The molecule has 0 atom stereocenters. The van der Waals surface area contributed by atoms with Gasteiger partial charge in [-0.2, -0.15) is 0 Å². The van der Waals surface area contributed by atoms with Crippen LogP contribution in [0.2, 0.25) is 5.02 Å². The molecule has 0 bridgehead atoms. The van der Waals surface area contributed by atoms with Crippen LogP contribution in [0, 0.1) is 0 Å². The maximum Gasteiger partial charge on any atom is 0.219 e. The van der Waals surface area contributed by atoms with E-state index in [2.05, 4.69) is 27.0 Å². The maximum absolute atomic E-state index is 6.00. The number of hydrogen-bond acceptors (Lipinski definition) is 3. The van der Waals surface area contributed by atoms with E-state index in [9.17, 15) is 0 Å². The van der Waals surface area contributed by atoms with Gasteiger partial charge in [-0.05, 0) is 38.3 Å². The summed E-state index contributed by atoms with van der Waals surface area (Å²) >= 11 is 9.59. The number of halogens is 2. The summed E-state index contributed by atoms with van der Waals surface area (Å²) in [5.41, 5.74) is 6.44. The summed E-state index contributed by atoms with van der Waals surface area (Å²) in [4.78, 5) is 4.17. The van der Waals surface area contributed by atoms with Crippen molar-refractivity contribution in [1.82, 2.24) is 4.98 Å². The Morgan fingerprint density at radius 3 is 2.81 bits per heavy atom. The Labute approximate surface area is 135 Å². The largest absolute Gasteiger partial charge is 0.438 e. The van der Waals surface area contributed by atoms with Gasteiger partial charge in [-0.15, -0.1) is 0 Å². The van der Waals surface area contributed by atoms with Gasteiger partial charge in [0.1, 0.15) is 5.75 Å². The SMILES string of the molecule is NCc1cc(Oc2ccc3ccccc3c2Br)ncc1Cl. The highest BCUT2D eigenvalue weighted by Gasteiger charge is 2.09. The molecule has 0 amide bonds. The van der Waals surface area contributed by atoms with E-state index in [1.54, 1.807) is 12.3 Å². The van der Waals surface area contributed by atoms with Crippen molar-refractivity contribution in [2.75, 3.05) is 0 Å². The minimum absolute atomic E-state index is 0.344. The molecule has 0 fully saturated rings. The molecule has 1 aromatic heterocycles. The number of pyridine rings is 1. The van der Waals surface area contributed by atoms with Crippen LogP contribution in [0.4, 0.5) is 0 Å². The van der Waals surface area contributed by atoms with E-state index in [-0.39, 0.29) is 0 Å². The van der Waals surface area contributed by atoms with E-state index in [0.29, 0.717) is 23.2 Å². The molecule has 3 nitrogen and oxygen atoms in total. The molecule has 3 rings (SSSR count). The van der Waals surface area contributed by atoms with Gasteiger partial charge in [0, 0.05) is 18.8 Å². The average molecular weight is 364 g/mol. The Kier molecular flexibility index (Phi) is 4.10. The van der Waals surface area contributed by atoms with Gasteiger partial charge in [-0.3, -0.25) is 0 Å². The van der Waals surface area contributed by atoms with Crippen molar-refractivity contribution >= 4 is 38.3 Å². The van der Waals surface area contributed by atoms with Crippen LogP contribution >= 0.6 is 27.5 Å². The number of ether oxygens (including phenoxy) is 1. The third kappa shape index (κ3) is 2.88. The average Bonchev–Trinajstić information content (AvgIpc) is 2.52. The highest BCUT2D eigenvalue weighted by molar-refractivity contribution is 9.10. The Bertz CT molecular complexity index is 807. The first-order valence-electron chi connectivity index (χ1n) is 6.38. The first-order chi connectivity index (χ1) is 10.2. The zero-order valence-electron chi connectivity index (χ0n) is 11.0. The monoisotopic (exact) mass is 362 g/mol. The van der Waals surface area contributed by atoms with Crippen LogP contribution in [0.3, 0.4) is 0 Å². The second-order valence-corrected chi connectivity index (χ2v) is 5.72. The third-order valence-corrected chi connectivity index (χ3v) is 4.33. The number of nitrogens with zero attached hydrogens (tertiary/aromatic N) is 1. The molecule has 0 unspecified atom stereocenters. The standard InChI is InChI=1S/C16H12BrClN2O/c17-16-12-4-2-1-3-10(12)5-6-14(16)21-15-7-11(8-19)13(18)9-20-15/h1-7,9H,8,19H2. The van der Waals surface area contributed by atoms with Gasteiger partial charge in [0.25, 0.3) is 0 Å². The Balaban J connectivity index is 2.00. The molecule has 2 N–H and O–H groups in total. The number of hydrogen-bond donors (Lipinski definition) is 1. The topological polar surface area (TPSA) is 48.1 Å². The van der Waals surface area contributed by atoms with Gasteiger partial charge in [0.15, 0.2) is 0 Å². The molecule has 21 heavy (non-hydrogen) atoms. The lowest BCUT2D eigenvalue weighted by molar-refractivity contribution is 0.460. The lowest BCUT2D eigenvalue weighted by atomic mass is 10.1. The van der Waals surface area contributed by atoms with E-state index >= 15 is 0 Å². The molecule has 3 aromatic rings. The summed E-state index contributed by atoms with van der Waals surface area (Å²) in [7, 11) is 0. The van der Waals surface area contributed by atoms with Crippen molar-refractivity contribution in [3.63, 3.8) is 0 Å². The number of benzene rings is 2. The minimum atomic E-state index is 0.344. The number of rotatable bonds is 3. The molecular formula is C16H12BrClN2O. The van der Waals surface area contributed by atoms with Crippen LogP contribution in [-0.2, 0) is 6.54 Å². The molecule has 0 aliphatic rings. The van der Waals surface area contributed by atoms with Crippen LogP contribution in [0.15, 0.2) is 53.1 Å². The fourth-order valence-electron chi connectivity index (χ4n) is 2.08. The van der Waals surface area contributed by atoms with Gasteiger partial charge < -0.3 is 10.5 Å². The summed E-state index contributed by atoms with van der Waals surface area (Å²) in [6, 6.07) is 13.8. The number of fused-ring (bicyclic) bond motifs is 1. The molecule has 2 aromatic carbocycles. The zero-order chi connectivity index (χ0) is 14.8. The van der Waals surface area contributed by atoms with Gasteiger partial charge in [0.2, 0.25) is 5.88 Å². The lowest BCUT2D eigenvalue weighted by Gasteiger charge is -2.10. The normalized spacial score (nSPS) is 10.8. The molecule has 106 valence electrons. The van der Waals surface area contributed by atoms with Crippen LogP contribution < -0.4 is 10.5 Å². The summed E-state index contributed by atoms with van der Waals surface area (Å²) in [6.07, 6.45) is 1.55. The second-order valence-electron chi connectivity index (χ2n) is 4.52. The molecule has 1 heterocycles. The molecule has 0 aliphatic carbocycles. The molecule has 0 aliphatic heterocycles. The van der Waals surface area contributed by atoms with Crippen molar-refractivity contribution in [1.29, 1.82) is 0 Å². The van der Waals surface area contributed by atoms with E-state index in [1.165, 1.54) is 0 Å². The van der Waals surface area contributed by atoms with Gasteiger partial charge in [-0.1, -0.05) is 41.9 Å². The van der Waals surface area contributed by atoms with Crippen molar-refractivity contribution in [3.05, 3.63) is 63.7 Å². The van der Waals surface area contributed by atoms with Crippen LogP contribution in [0.25, 0.3) is 10.8 Å². The fraction of sp³-hybridized carbons (Fsp3) is 0.0625. The molecule has 0 saturated carbocycles. The smallest absolute Gasteiger partial charge is 0.219 e. The summed E-state index contributed by atoms with van der Waals surface area (Å²) in [5.74, 6) is 1.17. The fourth-order valence-corrected chi connectivity index (χ4v) is 2.83. The van der Waals surface area contributed by atoms with Crippen molar-refractivity contribution in [3.8, 4) is 11.6 Å². The molecule has 0 radical (unpaired) electrons. The Hall–Kier alpha value is -1.62. The van der Waals surface area contributed by atoms with Gasteiger partial charge in [-0.25, -0.2) is 4.98 Å². The van der Waals surface area contributed by atoms with E-state index in [4.69, 9.17) is 22.1 Å². The highest BCUT2D eigenvalue weighted by Crippen LogP contribution is 2.35. The number of aromatic nitrogens is 1.